The minimum Gasteiger partial charge on any atom is -0.468 e. The van der Waals surface area contributed by atoms with Crippen molar-refractivity contribution in [1.29, 1.82) is 0 Å². The highest BCUT2D eigenvalue weighted by atomic mass is 16.6. The monoisotopic (exact) mass is 338 g/mol. The van der Waals surface area contributed by atoms with Crippen molar-refractivity contribution in [2.45, 2.75) is 52.7 Å². The van der Waals surface area contributed by atoms with E-state index in [0.29, 0.717) is 0 Å². The molecule has 0 saturated heterocycles. The van der Waals surface area contributed by atoms with Crippen LogP contribution >= 0.6 is 0 Å². The molecule has 6 heteroatoms. The number of hydrogen-bond donors (Lipinski definition) is 0. The molecular weight excluding hydrogens is 312 g/mol. The Morgan fingerprint density at radius 3 is 1.33 bits per heavy atom. The molecule has 134 valence electrons. The van der Waals surface area contributed by atoms with Gasteiger partial charge in [0, 0.05) is 0 Å². The first-order valence-corrected chi connectivity index (χ1v) is 7.58. The molecule has 0 aliphatic heterocycles. The third kappa shape index (κ3) is 8.28. The molecule has 0 aromatic carbocycles. The van der Waals surface area contributed by atoms with Gasteiger partial charge in [0.05, 0.1) is 13.2 Å². The van der Waals surface area contributed by atoms with Gasteiger partial charge in [0.2, 0.25) is 0 Å². The number of hydrogen-bond acceptors (Lipinski definition) is 6. The fourth-order valence-corrected chi connectivity index (χ4v) is 1.47. The maximum absolute atomic E-state index is 11.5. The Morgan fingerprint density at radius 1 is 0.792 bits per heavy atom. The molecule has 0 heterocycles. The Balaban J connectivity index is 4.91. The van der Waals surface area contributed by atoms with Crippen LogP contribution in [0.15, 0.2) is 24.7 Å². The third-order valence-electron chi connectivity index (χ3n) is 2.43. The van der Waals surface area contributed by atoms with Gasteiger partial charge in [-0.3, -0.25) is 0 Å². The fourth-order valence-electron chi connectivity index (χ4n) is 1.47. The number of ether oxygens (including phenoxy) is 4. The molecule has 0 atom stereocenters. The lowest BCUT2D eigenvalue weighted by atomic mass is 10.1. The highest BCUT2D eigenvalue weighted by molar-refractivity contribution is 5.86. The highest BCUT2D eigenvalue weighted by Gasteiger charge is 2.25. The largest absolute Gasteiger partial charge is 0.468 e. The Labute approximate surface area is 143 Å². The van der Waals surface area contributed by atoms with Gasteiger partial charge < -0.3 is 18.9 Å². The quantitative estimate of drug-likeness (QED) is 0.293. The zero-order chi connectivity index (χ0) is 19.0. The van der Waals surface area contributed by atoms with Crippen LogP contribution in [0, 0.1) is 11.8 Å². The van der Waals surface area contributed by atoms with Crippen LogP contribution in [0.2, 0.25) is 0 Å². The van der Waals surface area contributed by atoms with Gasteiger partial charge in [0.1, 0.15) is 0 Å². The minimum atomic E-state index is -1.00. The van der Waals surface area contributed by atoms with Crippen LogP contribution in [0.3, 0.4) is 0 Å². The van der Waals surface area contributed by atoms with E-state index < -0.39 is 23.1 Å². The van der Waals surface area contributed by atoms with E-state index >= 15 is 0 Å². The Kier molecular flexibility index (Phi) is 8.11. The summed E-state index contributed by atoms with van der Waals surface area (Å²) in [6.07, 6.45) is 0. The van der Waals surface area contributed by atoms with Gasteiger partial charge in [-0.2, -0.15) is 0 Å². The smallest absolute Gasteiger partial charge is 0.373 e. The van der Waals surface area contributed by atoms with Crippen molar-refractivity contribution in [3.63, 3.8) is 0 Å². The summed E-state index contributed by atoms with van der Waals surface area (Å²) in [7, 11) is 0. The van der Waals surface area contributed by atoms with E-state index in [-0.39, 0.29) is 24.7 Å². The third-order valence-corrected chi connectivity index (χ3v) is 2.43. The van der Waals surface area contributed by atoms with Crippen LogP contribution in [-0.4, -0.2) is 36.4 Å². The van der Waals surface area contributed by atoms with E-state index in [9.17, 15) is 9.59 Å². The molecule has 0 radical (unpaired) electrons. The predicted octanol–water partition coefficient (Wildman–Crippen LogP) is 2.73. The molecule has 6 nitrogen and oxygen atoms in total. The van der Waals surface area contributed by atoms with Crippen molar-refractivity contribution in [1.82, 2.24) is 0 Å². The lowest BCUT2D eigenvalue weighted by molar-refractivity contribution is -0.145. The van der Waals surface area contributed by atoms with Crippen LogP contribution < -0.4 is 0 Å². The van der Waals surface area contributed by atoms with Gasteiger partial charge in [0.25, 0.3) is 0 Å². The van der Waals surface area contributed by atoms with Gasteiger partial charge in [-0.15, -0.1) is 0 Å². The Morgan fingerprint density at radius 2 is 1.08 bits per heavy atom. The van der Waals surface area contributed by atoms with Gasteiger partial charge in [-0.1, -0.05) is 11.8 Å². The molecule has 0 aliphatic rings. The molecule has 0 rings (SSSR count). The van der Waals surface area contributed by atoms with E-state index in [1.54, 1.807) is 41.5 Å². The summed E-state index contributed by atoms with van der Waals surface area (Å²) in [5.74, 6) is 4.14. The summed E-state index contributed by atoms with van der Waals surface area (Å²) < 4.78 is 20.4. The highest BCUT2D eigenvalue weighted by Crippen LogP contribution is 2.17. The van der Waals surface area contributed by atoms with E-state index in [2.05, 4.69) is 25.0 Å². The normalized spacial score (nSPS) is 10.8. The summed E-state index contributed by atoms with van der Waals surface area (Å²) in [4.78, 5) is 23.0. The molecule has 0 aliphatic carbocycles. The lowest BCUT2D eigenvalue weighted by Gasteiger charge is -2.24. The van der Waals surface area contributed by atoms with Crippen LogP contribution in [0.5, 0.6) is 0 Å². The van der Waals surface area contributed by atoms with Crippen LogP contribution in [0.4, 0.5) is 0 Å². The SMILES string of the molecule is C=C(OC(C)(C)C#CC(C)(C)OC(=C)C(=O)OCC)C(=O)OCC. The molecule has 24 heavy (non-hydrogen) atoms. The maximum atomic E-state index is 11.5. The van der Waals surface area contributed by atoms with Crippen LogP contribution in [0.1, 0.15) is 41.5 Å². The molecule has 0 fully saturated rings. The van der Waals surface area contributed by atoms with Crippen molar-refractivity contribution in [2.75, 3.05) is 13.2 Å². The fraction of sp³-hybridized carbons (Fsp3) is 0.556. The molecule has 0 saturated carbocycles. The molecule has 0 aromatic heterocycles. The molecule has 0 amide bonds. The summed E-state index contributed by atoms with van der Waals surface area (Å²) in [6, 6.07) is 0. The van der Waals surface area contributed by atoms with Gasteiger partial charge in [-0.25, -0.2) is 9.59 Å². The zero-order valence-electron chi connectivity index (χ0n) is 15.3. The van der Waals surface area contributed by atoms with Crippen LogP contribution in [-0.2, 0) is 28.5 Å². The number of carbonyl (C=O) groups is 2. The maximum Gasteiger partial charge on any atom is 0.373 e. The van der Waals surface area contributed by atoms with Gasteiger partial charge in [0.15, 0.2) is 22.7 Å². The predicted molar refractivity (Wildman–Crippen MR) is 89.7 cm³/mol. The average Bonchev–Trinajstić information content (AvgIpc) is 2.45. The zero-order valence-corrected chi connectivity index (χ0v) is 15.3. The van der Waals surface area contributed by atoms with E-state index in [1.165, 1.54) is 0 Å². The van der Waals surface area contributed by atoms with Crippen LogP contribution in [0.25, 0.3) is 0 Å². The Hall–Kier alpha value is -2.42. The van der Waals surface area contributed by atoms with Crippen molar-refractivity contribution in [2.24, 2.45) is 0 Å². The van der Waals surface area contributed by atoms with E-state index in [4.69, 9.17) is 18.9 Å². The van der Waals surface area contributed by atoms with Gasteiger partial charge in [-0.05, 0) is 54.7 Å². The first-order chi connectivity index (χ1) is 10.9. The lowest BCUT2D eigenvalue weighted by Crippen LogP contribution is -2.28. The molecule has 0 aromatic rings. The minimum absolute atomic E-state index is 0.134. The molecule has 0 N–H and O–H groups in total. The summed E-state index contributed by atoms with van der Waals surface area (Å²) >= 11 is 0. The molecule has 0 spiro atoms. The second-order valence-corrected chi connectivity index (χ2v) is 5.76. The molecular formula is C18H26O6. The number of rotatable bonds is 8. The van der Waals surface area contributed by atoms with Crippen molar-refractivity contribution in [3.8, 4) is 11.8 Å². The van der Waals surface area contributed by atoms with Crippen molar-refractivity contribution in [3.05, 3.63) is 24.7 Å². The average molecular weight is 338 g/mol. The summed E-state index contributed by atoms with van der Waals surface area (Å²) in [6.45, 7) is 17.5. The first-order valence-electron chi connectivity index (χ1n) is 7.58. The molecule has 0 unspecified atom stereocenters. The summed E-state index contributed by atoms with van der Waals surface area (Å²) in [5, 5.41) is 0. The Bertz CT molecular complexity index is 512. The summed E-state index contributed by atoms with van der Waals surface area (Å²) in [5.41, 5.74) is -2.01. The first kappa shape index (κ1) is 21.6. The van der Waals surface area contributed by atoms with Crippen molar-refractivity contribution >= 4 is 11.9 Å². The van der Waals surface area contributed by atoms with E-state index in [1.807, 2.05) is 0 Å². The standard InChI is InChI=1S/C18H26O6/c1-9-21-15(19)13(3)23-17(5,6)11-12-18(7,8)24-14(4)16(20)22-10-2/h3-4,9-10H2,1-2,5-8H3. The van der Waals surface area contributed by atoms with Gasteiger partial charge >= 0.3 is 11.9 Å². The number of carbonyl (C=O) groups excluding carboxylic acids is 2. The van der Waals surface area contributed by atoms with E-state index in [0.717, 1.165) is 0 Å². The second kappa shape index (κ2) is 9.02. The second-order valence-electron chi connectivity index (χ2n) is 5.76. The molecule has 0 bridgehead atoms. The topological polar surface area (TPSA) is 71.1 Å². The van der Waals surface area contributed by atoms with Crippen molar-refractivity contribution < 1.29 is 28.5 Å². The number of esters is 2.